The van der Waals surface area contributed by atoms with Gasteiger partial charge in [-0.15, -0.1) is 24.5 Å². The second-order valence-electron chi connectivity index (χ2n) is 3.00. The number of halogens is 4. The van der Waals surface area contributed by atoms with Crippen molar-refractivity contribution in [2.45, 2.75) is 12.8 Å². The minimum atomic E-state index is -4.53. The van der Waals surface area contributed by atoms with E-state index in [-0.39, 0.29) is 13.2 Å². The highest BCUT2D eigenvalue weighted by Gasteiger charge is 2.28. The number of thiophene rings is 1. The molecule has 1 heterocycles. The molecule has 0 atom stereocenters. The molecule has 1 rings (SSSR count). The molecule has 1 N–H and O–H groups in total. The van der Waals surface area contributed by atoms with Crippen LogP contribution in [0.1, 0.15) is 4.88 Å². The Hall–Kier alpha value is -0.110. The molecular formula is C9H11BrF3NOS. The summed E-state index contributed by atoms with van der Waals surface area (Å²) >= 11 is 4.96. The Kier molecular flexibility index (Phi) is 5.74. The van der Waals surface area contributed by atoms with Crippen LogP contribution in [0.3, 0.4) is 0 Å². The predicted octanol–water partition coefficient (Wildman–Crippen LogP) is 3.18. The summed E-state index contributed by atoms with van der Waals surface area (Å²) in [5.74, 6) is 0. The molecule has 0 aliphatic carbocycles. The van der Waals surface area contributed by atoms with Crippen LogP contribution >= 0.6 is 27.3 Å². The maximum Gasteiger partial charge on any atom is 0.522 e. The fourth-order valence-electron chi connectivity index (χ4n) is 1.06. The summed E-state index contributed by atoms with van der Waals surface area (Å²) < 4.78 is 39.4. The molecule has 0 aliphatic rings. The molecule has 7 heteroatoms. The van der Waals surface area contributed by atoms with Gasteiger partial charge < -0.3 is 5.32 Å². The predicted molar refractivity (Wildman–Crippen MR) is 60.6 cm³/mol. The van der Waals surface area contributed by atoms with E-state index in [1.807, 2.05) is 12.1 Å². The summed E-state index contributed by atoms with van der Waals surface area (Å²) in [7, 11) is 0. The van der Waals surface area contributed by atoms with Crippen molar-refractivity contribution in [3.63, 3.8) is 0 Å². The quantitative estimate of drug-likeness (QED) is 0.814. The Labute approximate surface area is 104 Å². The first kappa shape index (κ1) is 14.0. The van der Waals surface area contributed by atoms with Crippen LogP contribution in [0.5, 0.6) is 0 Å². The van der Waals surface area contributed by atoms with Crippen LogP contribution in [-0.4, -0.2) is 26.1 Å². The second kappa shape index (κ2) is 6.58. The second-order valence-corrected chi connectivity index (χ2v) is 5.55. The molecule has 2 nitrogen and oxygen atoms in total. The maximum atomic E-state index is 11.6. The van der Waals surface area contributed by atoms with E-state index in [4.69, 9.17) is 0 Å². The van der Waals surface area contributed by atoms with E-state index >= 15 is 0 Å². The first-order chi connectivity index (χ1) is 7.47. The summed E-state index contributed by atoms with van der Waals surface area (Å²) in [5.41, 5.74) is 0. The van der Waals surface area contributed by atoms with Gasteiger partial charge in [-0.25, -0.2) is 0 Å². The van der Waals surface area contributed by atoms with Crippen LogP contribution in [0.4, 0.5) is 13.2 Å². The third kappa shape index (κ3) is 6.47. The molecule has 0 unspecified atom stereocenters. The van der Waals surface area contributed by atoms with E-state index in [9.17, 15) is 13.2 Å². The summed E-state index contributed by atoms with van der Waals surface area (Å²) in [6.07, 6.45) is -3.72. The number of hydrogen-bond donors (Lipinski definition) is 1. The minimum absolute atomic E-state index is 0.200. The highest BCUT2D eigenvalue weighted by atomic mass is 79.9. The van der Waals surface area contributed by atoms with Crippen molar-refractivity contribution >= 4 is 27.3 Å². The molecule has 0 bridgehead atoms. The fourth-order valence-corrected chi connectivity index (χ4v) is 2.54. The molecule has 0 aromatic carbocycles. The third-order valence-corrected chi connectivity index (χ3v) is 3.41. The van der Waals surface area contributed by atoms with Crippen molar-refractivity contribution in [2.75, 3.05) is 19.7 Å². The van der Waals surface area contributed by atoms with Crippen molar-refractivity contribution in [1.82, 2.24) is 5.32 Å². The Bertz CT molecular complexity index is 316. The van der Waals surface area contributed by atoms with Gasteiger partial charge in [0.25, 0.3) is 0 Å². The van der Waals surface area contributed by atoms with Crippen molar-refractivity contribution in [1.29, 1.82) is 0 Å². The van der Waals surface area contributed by atoms with Gasteiger partial charge in [0.15, 0.2) is 0 Å². The topological polar surface area (TPSA) is 21.3 Å². The Morgan fingerprint density at radius 3 is 2.62 bits per heavy atom. The van der Waals surface area contributed by atoms with Crippen molar-refractivity contribution in [3.05, 3.63) is 20.8 Å². The molecule has 1 aromatic rings. The van der Waals surface area contributed by atoms with Gasteiger partial charge >= 0.3 is 6.36 Å². The van der Waals surface area contributed by atoms with Crippen LogP contribution in [0.25, 0.3) is 0 Å². The van der Waals surface area contributed by atoms with Crippen molar-refractivity contribution < 1.29 is 17.9 Å². The number of hydrogen-bond acceptors (Lipinski definition) is 3. The molecule has 0 amide bonds. The Morgan fingerprint density at radius 1 is 1.31 bits per heavy atom. The largest absolute Gasteiger partial charge is 0.522 e. The number of ether oxygens (including phenoxy) is 1. The van der Waals surface area contributed by atoms with E-state index < -0.39 is 6.36 Å². The third-order valence-electron chi connectivity index (χ3n) is 1.72. The van der Waals surface area contributed by atoms with Gasteiger partial charge in [0, 0.05) is 18.0 Å². The minimum Gasteiger partial charge on any atom is -0.314 e. The zero-order chi connectivity index (χ0) is 12.0. The average Bonchev–Trinajstić information content (AvgIpc) is 2.56. The highest BCUT2D eigenvalue weighted by Crippen LogP contribution is 2.22. The van der Waals surface area contributed by atoms with Gasteiger partial charge in [-0.05, 0) is 34.5 Å². The maximum absolute atomic E-state index is 11.6. The van der Waals surface area contributed by atoms with E-state index in [0.29, 0.717) is 6.54 Å². The lowest BCUT2D eigenvalue weighted by molar-refractivity contribution is -0.323. The monoisotopic (exact) mass is 317 g/mol. The lowest BCUT2D eigenvalue weighted by Crippen LogP contribution is -2.25. The Morgan fingerprint density at radius 2 is 2.06 bits per heavy atom. The molecule has 92 valence electrons. The lowest BCUT2D eigenvalue weighted by Gasteiger charge is -2.07. The average molecular weight is 318 g/mol. The molecule has 0 radical (unpaired) electrons. The summed E-state index contributed by atoms with van der Waals surface area (Å²) in [6.45, 7) is 0.498. The summed E-state index contributed by atoms with van der Waals surface area (Å²) in [6, 6.07) is 3.94. The highest BCUT2D eigenvalue weighted by molar-refractivity contribution is 9.11. The van der Waals surface area contributed by atoms with E-state index in [2.05, 4.69) is 26.0 Å². The van der Waals surface area contributed by atoms with Gasteiger partial charge in [0.1, 0.15) is 0 Å². The van der Waals surface area contributed by atoms with Gasteiger partial charge in [-0.3, -0.25) is 4.74 Å². The van der Waals surface area contributed by atoms with Gasteiger partial charge in [-0.1, -0.05) is 0 Å². The van der Waals surface area contributed by atoms with E-state index in [1.54, 1.807) is 11.3 Å². The SMILES string of the molecule is FC(F)(F)OCCNCCc1ccc(Br)s1. The van der Waals surface area contributed by atoms with Crippen LogP contribution in [0.15, 0.2) is 15.9 Å². The van der Waals surface area contributed by atoms with E-state index in [0.717, 1.165) is 10.2 Å². The van der Waals surface area contributed by atoms with Crippen molar-refractivity contribution in [2.24, 2.45) is 0 Å². The molecule has 0 fully saturated rings. The first-order valence-corrected chi connectivity index (χ1v) is 6.24. The fraction of sp³-hybridized carbons (Fsp3) is 0.556. The molecule has 0 spiro atoms. The van der Waals surface area contributed by atoms with Crippen LogP contribution in [0.2, 0.25) is 0 Å². The normalized spacial score (nSPS) is 12.0. The van der Waals surface area contributed by atoms with Crippen LogP contribution in [0, 0.1) is 0 Å². The zero-order valence-corrected chi connectivity index (χ0v) is 10.7. The van der Waals surface area contributed by atoms with Crippen molar-refractivity contribution in [3.8, 4) is 0 Å². The Balaban J connectivity index is 2.00. The standard InChI is InChI=1S/C9H11BrF3NOS/c10-8-2-1-7(16-8)3-4-14-5-6-15-9(11,12)13/h1-2,14H,3-6H2. The molecule has 0 saturated heterocycles. The smallest absolute Gasteiger partial charge is 0.314 e. The zero-order valence-electron chi connectivity index (χ0n) is 8.31. The number of alkyl halides is 3. The van der Waals surface area contributed by atoms with Crippen LogP contribution < -0.4 is 5.32 Å². The number of nitrogens with one attached hydrogen (secondary N) is 1. The summed E-state index contributed by atoms with van der Waals surface area (Å²) in [5, 5.41) is 2.88. The summed E-state index contributed by atoms with van der Waals surface area (Å²) in [4.78, 5) is 1.19. The molecule has 0 aliphatic heterocycles. The van der Waals surface area contributed by atoms with Crippen LogP contribution in [-0.2, 0) is 11.2 Å². The molecule has 0 saturated carbocycles. The van der Waals surface area contributed by atoms with Gasteiger partial charge in [0.2, 0.25) is 0 Å². The van der Waals surface area contributed by atoms with Gasteiger partial charge in [-0.2, -0.15) is 0 Å². The van der Waals surface area contributed by atoms with Gasteiger partial charge in [0.05, 0.1) is 10.4 Å². The number of rotatable bonds is 6. The molecule has 1 aromatic heterocycles. The molecular weight excluding hydrogens is 307 g/mol. The van der Waals surface area contributed by atoms with E-state index in [1.165, 1.54) is 4.88 Å². The molecule has 16 heavy (non-hydrogen) atoms. The first-order valence-electron chi connectivity index (χ1n) is 4.63. The lowest BCUT2D eigenvalue weighted by atomic mass is 10.3.